The van der Waals surface area contributed by atoms with Crippen LogP contribution in [0.2, 0.25) is 20.1 Å². The van der Waals surface area contributed by atoms with E-state index in [4.69, 9.17) is 46.4 Å². The molecule has 0 saturated carbocycles. The number of halogens is 4. The van der Waals surface area contributed by atoms with Gasteiger partial charge in [0.05, 0.1) is 20.1 Å². The first-order chi connectivity index (χ1) is 13.9. The molecule has 7 heteroatoms. The topological polar surface area (TPSA) is 56.6 Å². The quantitative estimate of drug-likeness (QED) is 0.445. The molecular formula is C22H12Cl4N2O. The van der Waals surface area contributed by atoms with Crippen LogP contribution >= 0.6 is 46.4 Å². The lowest BCUT2D eigenvalue weighted by atomic mass is 9.95. The summed E-state index contributed by atoms with van der Waals surface area (Å²) in [4.78, 5) is 15.5. The molecule has 0 amide bonds. The van der Waals surface area contributed by atoms with Gasteiger partial charge in [-0.2, -0.15) is 5.26 Å². The second-order valence-corrected chi connectivity index (χ2v) is 8.27. The first kappa shape index (κ1) is 20.1. The minimum atomic E-state index is -0.436. The molecule has 1 N–H and O–H groups in total. The van der Waals surface area contributed by atoms with Gasteiger partial charge >= 0.3 is 0 Å². The number of fused-ring (bicyclic) bond motifs is 1. The van der Waals surface area contributed by atoms with E-state index in [0.717, 1.165) is 22.4 Å². The van der Waals surface area contributed by atoms with E-state index in [9.17, 15) is 10.1 Å². The SMILES string of the molecule is N#Cc1c(-c2ccc(Cl)c(Cl)c2)c2c([nH]c1=O)/C(=C/c1ccc(Cl)c(Cl)c1)CC2. The highest BCUT2D eigenvalue weighted by Crippen LogP contribution is 2.40. The van der Waals surface area contributed by atoms with Gasteiger partial charge in [-0.05, 0) is 65.4 Å². The van der Waals surface area contributed by atoms with Crippen molar-refractivity contribution in [3.8, 4) is 17.2 Å². The standard InChI is InChI=1S/C22H12Cl4N2O/c23-16-5-1-11(8-18(16)25)7-13-2-4-14-20(12-3-6-17(24)19(26)9-12)15(10-27)22(29)28-21(13)14/h1,3,5-9H,2,4H2,(H,28,29)/b13-7+. The van der Waals surface area contributed by atoms with E-state index in [-0.39, 0.29) is 5.56 Å². The molecule has 1 aromatic heterocycles. The Morgan fingerprint density at radius 2 is 1.62 bits per heavy atom. The Kier molecular flexibility index (Phi) is 5.46. The number of nitrogens with zero attached hydrogens (tertiary/aromatic N) is 1. The number of nitriles is 1. The molecule has 0 fully saturated rings. The normalized spacial score (nSPS) is 14.1. The molecule has 2 aromatic carbocycles. The molecule has 0 bridgehead atoms. The van der Waals surface area contributed by atoms with Gasteiger partial charge in [0.15, 0.2) is 0 Å². The lowest BCUT2D eigenvalue weighted by molar-refractivity contribution is 1.07. The Balaban J connectivity index is 1.92. The molecule has 0 radical (unpaired) electrons. The van der Waals surface area contributed by atoms with Crippen molar-refractivity contribution in [1.82, 2.24) is 4.98 Å². The van der Waals surface area contributed by atoms with Crippen LogP contribution in [0.15, 0.2) is 41.2 Å². The lowest BCUT2D eigenvalue weighted by Crippen LogP contribution is -2.15. The highest BCUT2D eigenvalue weighted by molar-refractivity contribution is 6.42. The zero-order chi connectivity index (χ0) is 20.7. The number of rotatable bonds is 2. The Morgan fingerprint density at radius 1 is 0.931 bits per heavy atom. The van der Waals surface area contributed by atoms with Crippen molar-refractivity contribution in [2.24, 2.45) is 0 Å². The first-order valence-electron chi connectivity index (χ1n) is 8.69. The summed E-state index contributed by atoms with van der Waals surface area (Å²) in [6.45, 7) is 0. The molecule has 4 rings (SSSR count). The second-order valence-electron chi connectivity index (χ2n) is 6.64. The fourth-order valence-corrected chi connectivity index (χ4v) is 4.18. The van der Waals surface area contributed by atoms with Crippen LogP contribution in [0.25, 0.3) is 22.8 Å². The lowest BCUT2D eigenvalue weighted by Gasteiger charge is -2.12. The van der Waals surface area contributed by atoms with Crippen molar-refractivity contribution < 1.29 is 0 Å². The van der Waals surface area contributed by atoms with E-state index in [1.54, 1.807) is 30.3 Å². The van der Waals surface area contributed by atoms with Gasteiger partial charge in [0.1, 0.15) is 11.6 Å². The van der Waals surface area contributed by atoms with Gasteiger partial charge in [0, 0.05) is 11.3 Å². The molecule has 0 saturated heterocycles. The third-order valence-electron chi connectivity index (χ3n) is 4.89. The molecule has 1 heterocycles. The predicted molar refractivity (Wildman–Crippen MR) is 120 cm³/mol. The molecular weight excluding hydrogens is 450 g/mol. The summed E-state index contributed by atoms with van der Waals surface area (Å²) < 4.78 is 0. The number of nitrogens with one attached hydrogen (secondary N) is 1. The van der Waals surface area contributed by atoms with Gasteiger partial charge in [-0.1, -0.05) is 58.5 Å². The number of pyridine rings is 1. The summed E-state index contributed by atoms with van der Waals surface area (Å²) in [5.74, 6) is 0. The molecule has 1 aliphatic carbocycles. The molecule has 3 aromatic rings. The number of aromatic nitrogens is 1. The summed E-state index contributed by atoms with van der Waals surface area (Å²) >= 11 is 24.3. The Morgan fingerprint density at radius 3 is 2.28 bits per heavy atom. The fourth-order valence-electron chi connectivity index (χ4n) is 3.57. The monoisotopic (exact) mass is 460 g/mol. The van der Waals surface area contributed by atoms with Crippen LogP contribution in [-0.2, 0) is 6.42 Å². The summed E-state index contributed by atoms with van der Waals surface area (Å²) in [6.07, 6.45) is 3.37. The smallest absolute Gasteiger partial charge is 0.266 e. The van der Waals surface area contributed by atoms with Crippen LogP contribution in [0.1, 0.15) is 28.8 Å². The van der Waals surface area contributed by atoms with Crippen LogP contribution in [0.4, 0.5) is 0 Å². The van der Waals surface area contributed by atoms with Crippen LogP contribution in [0, 0.1) is 11.3 Å². The molecule has 0 spiro atoms. The third kappa shape index (κ3) is 3.70. The molecule has 0 unspecified atom stereocenters. The van der Waals surface area contributed by atoms with Crippen LogP contribution in [0.5, 0.6) is 0 Å². The Labute approximate surface area is 187 Å². The van der Waals surface area contributed by atoms with Crippen molar-refractivity contribution in [3.05, 3.63) is 89.2 Å². The number of benzene rings is 2. The average molecular weight is 462 g/mol. The Hall–Kier alpha value is -2.22. The summed E-state index contributed by atoms with van der Waals surface area (Å²) in [5, 5.41) is 11.3. The number of allylic oxidation sites excluding steroid dienone is 1. The Bertz CT molecular complexity index is 1290. The first-order valence-corrected chi connectivity index (χ1v) is 10.2. The molecule has 0 atom stereocenters. The van der Waals surface area contributed by atoms with Gasteiger partial charge in [-0.25, -0.2) is 0 Å². The van der Waals surface area contributed by atoms with Gasteiger partial charge in [0.25, 0.3) is 5.56 Å². The van der Waals surface area contributed by atoms with Gasteiger partial charge in [-0.3, -0.25) is 4.79 Å². The number of aromatic amines is 1. The molecule has 29 heavy (non-hydrogen) atoms. The molecule has 1 aliphatic rings. The van der Waals surface area contributed by atoms with Crippen molar-refractivity contribution in [1.29, 1.82) is 5.26 Å². The summed E-state index contributed by atoms with van der Waals surface area (Å²) in [7, 11) is 0. The van der Waals surface area contributed by atoms with E-state index in [2.05, 4.69) is 4.98 Å². The molecule has 0 aliphatic heterocycles. The van der Waals surface area contributed by atoms with Crippen molar-refractivity contribution in [2.75, 3.05) is 0 Å². The van der Waals surface area contributed by atoms with Gasteiger partial charge in [0.2, 0.25) is 0 Å². The maximum atomic E-state index is 12.6. The van der Waals surface area contributed by atoms with Crippen LogP contribution < -0.4 is 5.56 Å². The zero-order valence-electron chi connectivity index (χ0n) is 14.8. The van der Waals surface area contributed by atoms with Crippen molar-refractivity contribution in [3.63, 3.8) is 0 Å². The van der Waals surface area contributed by atoms with Crippen molar-refractivity contribution >= 4 is 58.1 Å². The largest absolute Gasteiger partial charge is 0.321 e. The van der Waals surface area contributed by atoms with E-state index in [0.29, 0.717) is 44.1 Å². The third-order valence-corrected chi connectivity index (χ3v) is 6.37. The minimum Gasteiger partial charge on any atom is -0.321 e. The van der Waals surface area contributed by atoms with Gasteiger partial charge in [-0.15, -0.1) is 0 Å². The van der Waals surface area contributed by atoms with Crippen LogP contribution in [0.3, 0.4) is 0 Å². The van der Waals surface area contributed by atoms with Crippen molar-refractivity contribution in [2.45, 2.75) is 12.8 Å². The van der Waals surface area contributed by atoms with E-state index >= 15 is 0 Å². The summed E-state index contributed by atoms with van der Waals surface area (Å²) in [5.41, 5.74) is 4.39. The predicted octanol–water partition coefficient (Wildman–Crippen LogP) is 7.01. The maximum Gasteiger partial charge on any atom is 0.266 e. The average Bonchev–Trinajstić information content (AvgIpc) is 3.08. The summed E-state index contributed by atoms with van der Waals surface area (Å²) in [6, 6.07) is 12.5. The maximum absolute atomic E-state index is 12.6. The van der Waals surface area contributed by atoms with E-state index in [1.165, 1.54) is 0 Å². The minimum absolute atomic E-state index is 0.0675. The highest BCUT2D eigenvalue weighted by Gasteiger charge is 2.26. The highest BCUT2D eigenvalue weighted by atomic mass is 35.5. The number of hydrogen-bond acceptors (Lipinski definition) is 2. The number of hydrogen-bond donors (Lipinski definition) is 1. The fraction of sp³-hybridized carbons (Fsp3) is 0.0909. The zero-order valence-corrected chi connectivity index (χ0v) is 17.8. The van der Waals surface area contributed by atoms with Gasteiger partial charge < -0.3 is 4.98 Å². The number of H-pyrrole nitrogens is 1. The second kappa shape index (κ2) is 7.89. The molecule has 3 nitrogen and oxygen atoms in total. The van der Waals surface area contributed by atoms with E-state index in [1.807, 2.05) is 18.2 Å². The van der Waals surface area contributed by atoms with Crippen LogP contribution in [-0.4, -0.2) is 4.98 Å². The molecule has 144 valence electrons. The van der Waals surface area contributed by atoms with E-state index < -0.39 is 5.56 Å².